The van der Waals surface area contributed by atoms with Crippen LogP contribution in [-0.2, 0) is 11.2 Å². The molecule has 0 unspecified atom stereocenters. The lowest BCUT2D eigenvalue weighted by atomic mass is 9.85. The molecule has 6 heteroatoms. The summed E-state index contributed by atoms with van der Waals surface area (Å²) < 4.78 is 10.4. The van der Waals surface area contributed by atoms with Crippen LogP contribution in [0.15, 0.2) is 60.1 Å². The molecule has 2 aromatic carbocycles. The Bertz CT molecular complexity index is 1020. The average Bonchev–Trinajstić information content (AvgIpc) is 2.73. The van der Waals surface area contributed by atoms with E-state index in [1.54, 1.807) is 37.5 Å². The van der Waals surface area contributed by atoms with Gasteiger partial charge < -0.3 is 9.47 Å². The quantitative estimate of drug-likeness (QED) is 0.361. The lowest BCUT2D eigenvalue weighted by molar-refractivity contribution is 0.100. The number of carbonyl (C=O) groups excluding carboxylic acids is 2. The summed E-state index contributed by atoms with van der Waals surface area (Å²) in [5.74, 6) is 0.661. The Morgan fingerprint density at radius 3 is 2.77 bits per heavy atom. The number of Topliss-reactive ketones (excluding diaryl/α,β-unsaturated/α-hetero) is 1. The van der Waals surface area contributed by atoms with Gasteiger partial charge in [0.25, 0.3) is 0 Å². The van der Waals surface area contributed by atoms with Crippen LogP contribution in [0.1, 0.15) is 48.2 Å². The Morgan fingerprint density at radius 2 is 2.03 bits per heavy atom. The summed E-state index contributed by atoms with van der Waals surface area (Å²) in [6, 6.07) is 12.7. The second-order valence-corrected chi connectivity index (χ2v) is 8.09. The molecule has 1 aliphatic heterocycles. The number of nitrogens with zero attached hydrogens (tertiary/aromatic N) is 1. The summed E-state index contributed by atoms with van der Waals surface area (Å²) in [5, 5.41) is 2.65. The van der Waals surface area contributed by atoms with E-state index in [1.165, 1.54) is 0 Å². The summed E-state index contributed by atoms with van der Waals surface area (Å²) in [4.78, 5) is 29.8. The van der Waals surface area contributed by atoms with E-state index in [-0.39, 0.29) is 24.3 Å². The first-order valence-electron chi connectivity index (χ1n) is 10.3. The second-order valence-electron chi connectivity index (χ2n) is 8.09. The molecule has 1 amide bonds. The van der Waals surface area contributed by atoms with E-state index in [0.29, 0.717) is 17.7 Å². The third kappa shape index (κ3) is 5.81. The van der Waals surface area contributed by atoms with Gasteiger partial charge in [0, 0.05) is 16.8 Å². The minimum Gasteiger partial charge on any atom is -0.497 e. The number of anilines is 1. The number of methoxy groups -OCH3 is 1. The Morgan fingerprint density at radius 1 is 1.23 bits per heavy atom. The van der Waals surface area contributed by atoms with Gasteiger partial charge in [0.2, 0.25) is 0 Å². The van der Waals surface area contributed by atoms with E-state index in [2.05, 4.69) is 25.7 Å². The summed E-state index contributed by atoms with van der Waals surface area (Å²) >= 11 is 0. The number of rotatable bonds is 8. The fraction of sp³-hybridized carbons (Fsp3) is 0.320. The van der Waals surface area contributed by atoms with Crippen LogP contribution in [0.3, 0.4) is 0 Å². The molecule has 0 saturated heterocycles. The van der Waals surface area contributed by atoms with E-state index >= 15 is 0 Å². The van der Waals surface area contributed by atoms with E-state index < -0.39 is 6.09 Å². The zero-order valence-corrected chi connectivity index (χ0v) is 18.2. The maximum absolute atomic E-state index is 13.1. The molecule has 3 rings (SSSR count). The van der Waals surface area contributed by atoms with Crippen molar-refractivity contribution in [3.8, 4) is 5.75 Å². The number of fused-ring (bicyclic) bond motifs is 1. The van der Waals surface area contributed by atoms with Crippen LogP contribution in [0.2, 0.25) is 0 Å². The third-order valence-electron chi connectivity index (χ3n) is 5.00. The molecule has 2 aromatic rings. The van der Waals surface area contributed by atoms with Crippen LogP contribution >= 0.6 is 0 Å². The molecular weight excluding hydrogens is 392 g/mol. The molecule has 0 radical (unpaired) electrons. The SMILES string of the molecule is C=CCCOC(=O)Nc1cccc(C(=O)CC2=NC(C)(C)Cc3ccc(OC)cc32)c1. The number of ketones is 1. The summed E-state index contributed by atoms with van der Waals surface area (Å²) in [7, 11) is 1.62. The maximum Gasteiger partial charge on any atom is 0.411 e. The van der Waals surface area contributed by atoms with Gasteiger partial charge in [-0.3, -0.25) is 15.1 Å². The topological polar surface area (TPSA) is 77.0 Å². The van der Waals surface area contributed by atoms with Gasteiger partial charge in [-0.05, 0) is 56.5 Å². The van der Waals surface area contributed by atoms with Crippen molar-refractivity contribution in [3.05, 3.63) is 71.8 Å². The molecule has 0 aromatic heterocycles. The molecule has 0 saturated carbocycles. The Hall–Kier alpha value is -3.41. The molecule has 0 atom stereocenters. The Labute approximate surface area is 183 Å². The number of hydrogen-bond donors (Lipinski definition) is 1. The van der Waals surface area contributed by atoms with Crippen LogP contribution in [0.25, 0.3) is 0 Å². The highest BCUT2D eigenvalue weighted by atomic mass is 16.5. The van der Waals surface area contributed by atoms with Gasteiger partial charge in [0.05, 0.1) is 31.4 Å². The van der Waals surface area contributed by atoms with E-state index in [9.17, 15) is 9.59 Å². The number of ether oxygens (including phenoxy) is 2. The van der Waals surface area contributed by atoms with Gasteiger partial charge in [-0.15, -0.1) is 6.58 Å². The lowest BCUT2D eigenvalue weighted by Crippen LogP contribution is -2.30. The van der Waals surface area contributed by atoms with Crippen molar-refractivity contribution in [2.24, 2.45) is 4.99 Å². The van der Waals surface area contributed by atoms with Crippen LogP contribution < -0.4 is 10.1 Å². The molecule has 0 spiro atoms. The van der Waals surface area contributed by atoms with Crippen molar-refractivity contribution in [2.75, 3.05) is 19.0 Å². The fourth-order valence-electron chi connectivity index (χ4n) is 3.58. The van der Waals surface area contributed by atoms with E-state index in [1.807, 2.05) is 18.2 Å². The average molecular weight is 421 g/mol. The van der Waals surface area contributed by atoms with Crippen LogP contribution in [-0.4, -0.2) is 36.8 Å². The zero-order valence-electron chi connectivity index (χ0n) is 18.2. The molecule has 0 aliphatic carbocycles. The van der Waals surface area contributed by atoms with Gasteiger partial charge >= 0.3 is 6.09 Å². The van der Waals surface area contributed by atoms with Crippen LogP contribution in [0, 0.1) is 0 Å². The fourth-order valence-corrected chi connectivity index (χ4v) is 3.58. The summed E-state index contributed by atoms with van der Waals surface area (Å²) in [6.45, 7) is 7.97. The first-order valence-corrected chi connectivity index (χ1v) is 10.3. The normalized spacial score (nSPS) is 14.1. The number of carbonyl (C=O) groups is 2. The minimum absolute atomic E-state index is 0.0751. The first kappa shape index (κ1) is 22.3. The Kier molecular flexibility index (Phi) is 6.90. The zero-order chi connectivity index (χ0) is 22.4. The third-order valence-corrected chi connectivity index (χ3v) is 5.00. The lowest BCUT2D eigenvalue weighted by Gasteiger charge is -2.29. The summed E-state index contributed by atoms with van der Waals surface area (Å²) in [6.07, 6.45) is 2.66. The van der Waals surface area contributed by atoms with Crippen LogP contribution in [0.5, 0.6) is 5.75 Å². The highest BCUT2D eigenvalue weighted by Gasteiger charge is 2.28. The number of aliphatic imine (C=N–C) groups is 1. The predicted octanol–water partition coefficient (Wildman–Crippen LogP) is 5.22. The summed E-state index contributed by atoms with van der Waals surface area (Å²) in [5.41, 5.74) is 3.57. The van der Waals surface area contributed by atoms with Gasteiger partial charge in [-0.25, -0.2) is 4.79 Å². The molecule has 31 heavy (non-hydrogen) atoms. The van der Waals surface area contributed by atoms with Crippen molar-refractivity contribution in [3.63, 3.8) is 0 Å². The van der Waals surface area contributed by atoms with Crippen molar-refractivity contribution in [1.82, 2.24) is 0 Å². The smallest absolute Gasteiger partial charge is 0.411 e. The van der Waals surface area contributed by atoms with Crippen molar-refractivity contribution in [2.45, 2.75) is 38.6 Å². The second kappa shape index (κ2) is 9.60. The number of benzene rings is 2. The van der Waals surface area contributed by atoms with Gasteiger partial charge in [-0.2, -0.15) is 0 Å². The molecule has 1 N–H and O–H groups in total. The number of hydrogen-bond acceptors (Lipinski definition) is 5. The van der Waals surface area contributed by atoms with Gasteiger partial charge in [0.15, 0.2) is 5.78 Å². The van der Waals surface area contributed by atoms with E-state index in [4.69, 9.17) is 14.5 Å². The standard InChI is InChI=1S/C25H28N2O4/c1-5-6-12-31-24(29)26-19-9-7-8-17(13-19)23(28)15-22-21-14-20(30-4)11-10-18(21)16-25(2,3)27-22/h5,7-11,13-14H,1,6,12,15-16H2,2-4H3,(H,26,29). The molecule has 0 bridgehead atoms. The number of amides is 1. The van der Waals surface area contributed by atoms with Crippen molar-refractivity contribution in [1.29, 1.82) is 0 Å². The highest BCUT2D eigenvalue weighted by molar-refractivity contribution is 6.17. The molecule has 6 nitrogen and oxygen atoms in total. The molecule has 1 aliphatic rings. The highest BCUT2D eigenvalue weighted by Crippen LogP contribution is 2.31. The van der Waals surface area contributed by atoms with Crippen LogP contribution in [0.4, 0.5) is 10.5 Å². The van der Waals surface area contributed by atoms with Gasteiger partial charge in [0.1, 0.15) is 5.75 Å². The van der Waals surface area contributed by atoms with Gasteiger partial charge in [-0.1, -0.05) is 24.3 Å². The molecule has 1 heterocycles. The monoisotopic (exact) mass is 420 g/mol. The largest absolute Gasteiger partial charge is 0.497 e. The maximum atomic E-state index is 13.1. The first-order chi connectivity index (χ1) is 14.8. The van der Waals surface area contributed by atoms with Crippen molar-refractivity contribution >= 4 is 23.3 Å². The Balaban J connectivity index is 1.77. The predicted molar refractivity (Wildman–Crippen MR) is 122 cm³/mol. The molecule has 162 valence electrons. The van der Waals surface area contributed by atoms with Crippen molar-refractivity contribution < 1.29 is 19.1 Å². The minimum atomic E-state index is -0.564. The van der Waals surface area contributed by atoms with E-state index in [0.717, 1.165) is 29.0 Å². The molecule has 0 fully saturated rings. The number of nitrogens with one attached hydrogen (secondary N) is 1. The molecular formula is C25H28N2O4.